The zero-order valence-corrected chi connectivity index (χ0v) is 9.24. The first kappa shape index (κ1) is 9.98. The number of furan rings is 1. The molecule has 0 amide bonds. The lowest BCUT2D eigenvalue weighted by molar-refractivity contribution is 0.496. The molecule has 0 bridgehead atoms. The summed E-state index contributed by atoms with van der Waals surface area (Å²) >= 11 is 0. The normalized spacial score (nSPS) is 10.9. The van der Waals surface area contributed by atoms with Crippen LogP contribution in [0.5, 0.6) is 0 Å². The Bertz CT molecular complexity index is 456. The lowest BCUT2D eigenvalue weighted by Crippen LogP contribution is -2.05. The van der Waals surface area contributed by atoms with Crippen LogP contribution in [-0.2, 0) is 13.6 Å². The lowest BCUT2D eigenvalue weighted by Gasteiger charge is -2.01. The summed E-state index contributed by atoms with van der Waals surface area (Å²) in [6, 6.07) is 1.98. The molecule has 1 N–H and O–H groups in total. The molecular weight excluding hydrogens is 190 g/mol. The predicted molar refractivity (Wildman–Crippen MR) is 58.4 cm³/mol. The third-order valence-corrected chi connectivity index (χ3v) is 2.61. The summed E-state index contributed by atoms with van der Waals surface area (Å²) in [7, 11) is 3.85. The van der Waals surface area contributed by atoms with Gasteiger partial charge in [0.05, 0.1) is 19.0 Å². The van der Waals surface area contributed by atoms with Crippen molar-refractivity contribution in [1.29, 1.82) is 0 Å². The zero-order valence-electron chi connectivity index (χ0n) is 9.24. The van der Waals surface area contributed by atoms with Crippen molar-refractivity contribution in [3.63, 3.8) is 0 Å². The van der Waals surface area contributed by atoms with Crippen molar-refractivity contribution >= 4 is 0 Å². The van der Waals surface area contributed by atoms with Crippen LogP contribution in [0.4, 0.5) is 0 Å². The Labute approximate surface area is 88.9 Å². The van der Waals surface area contributed by atoms with Crippen LogP contribution in [0, 0.1) is 6.92 Å². The second-order valence-electron chi connectivity index (χ2n) is 3.56. The standard InChI is InChI=1S/C11H15N3O/c1-8-10(6-13-14(8)3)9-4-5-15-11(9)7-12-2/h4-6,12H,7H2,1-3H3. The number of nitrogens with one attached hydrogen (secondary N) is 1. The summed E-state index contributed by atoms with van der Waals surface area (Å²) in [5.74, 6) is 0.952. The molecule has 15 heavy (non-hydrogen) atoms. The van der Waals surface area contributed by atoms with E-state index in [-0.39, 0.29) is 0 Å². The largest absolute Gasteiger partial charge is 0.467 e. The smallest absolute Gasteiger partial charge is 0.125 e. The number of hydrogen-bond acceptors (Lipinski definition) is 3. The quantitative estimate of drug-likeness (QED) is 0.829. The molecule has 4 heteroatoms. The molecule has 0 saturated heterocycles. The Morgan fingerprint density at radius 3 is 2.87 bits per heavy atom. The average molecular weight is 205 g/mol. The summed E-state index contributed by atoms with van der Waals surface area (Å²) in [5, 5.41) is 7.31. The molecule has 2 heterocycles. The molecular formula is C11H15N3O. The molecule has 2 aromatic rings. The van der Waals surface area contributed by atoms with E-state index in [1.807, 2.05) is 31.0 Å². The van der Waals surface area contributed by atoms with Crippen molar-refractivity contribution in [3.05, 3.63) is 30.0 Å². The molecule has 0 radical (unpaired) electrons. The van der Waals surface area contributed by atoms with E-state index in [0.717, 1.165) is 29.1 Å². The predicted octanol–water partition coefficient (Wildman–Crippen LogP) is 1.71. The Kier molecular flexibility index (Phi) is 2.60. The van der Waals surface area contributed by atoms with Crippen molar-refractivity contribution in [3.8, 4) is 11.1 Å². The van der Waals surface area contributed by atoms with Crippen LogP contribution in [0.1, 0.15) is 11.5 Å². The first-order valence-electron chi connectivity index (χ1n) is 4.94. The van der Waals surface area contributed by atoms with E-state index < -0.39 is 0 Å². The van der Waals surface area contributed by atoms with E-state index in [4.69, 9.17) is 4.42 Å². The Balaban J connectivity index is 2.44. The van der Waals surface area contributed by atoms with Gasteiger partial charge in [-0.05, 0) is 20.0 Å². The van der Waals surface area contributed by atoms with E-state index >= 15 is 0 Å². The Morgan fingerprint density at radius 1 is 1.47 bits per heavy atom. The van der Waals surface area contributed by atoms with Gasteiger partial charge < -0.3 is 9.73 Å². The maximum Gasteiger partial charge on any atom is 0.125 e. The SMILES string of the molecule is CNCc1occc1-c1cnn(C)c1C. The van der Waals surface area contributed by atoms with Gasteiger partial charge in [-0.2, -0.15) is 5.10 Å². The molecule has 2 rings (SSSR count). The number of nitrogens with zero attached hydrogens (tertiary/aromatic N) is 2. The topological polar surface area (TPSA) is 43.0 Å². The maximum absolute atomic E-state index is 5.42. The number of hydrogen-bond donors (Lipinski definition) is 1. The van der Waals surface area contributed by atoms with E-state index in [9.17, 15) is 0 Å². The van der Waals surface area contributed by atoms with Crippen molar-refractivity contribution in [2.45, 2.75) is 13.5 Å². The van der Waals surface area contributed by atoms with Gasteiger partial charge in [-0.25, -0.2) is 0 Å². The van der Waals surface area contributed by atoms with Crippen LogP contribution in [0.3, 0.4) is 0 Å². The lowest BCUT2D eigenvalue weighted by atomic mass is 10.1. The van der Waals surface area contributed by atoms with Gasteiger partial charge in [-0.15, -0.1) is 0 Å². The highest BCUT2D eigenvalue weighted by Gasteiger charge is 2.12. The highest BCUT2D eigenvalue weighted by molar-refractivity contribution is 5.67. The third kappa shape index (κ3) is 1.68. The summed E-state index contributed by atoms with van der Waals surface area (Å²) in [6.07, 6.45) is 3.59. The fourth-order valence-corrected chi connectivity index (χ4v) is 1.64. The number of aryl methyl sites for hydroxylation is 1. The second kappa shape index (κ2) is 3.90. The first-order valence-corrected chi connectivity index (χ1v) is 4.94. The van der Waals surface area contributed by atoms with Gasteiger partial charge in [0.25, 0.3) is 0 Å². The highest BCUT2D eigenvalue weighted by Crippen LogP contribution is 2.27. The molecule has 0 aliphatic heterocycles. The molecule has 0 saturated carbocycles. The van der Waals surface area contributed by atoms with Gasteiger partial charge in [-0.1, -0.05) is 0 Å². The molecule has 0 unspecified atom stereocenters. The van der Waals surface area contributed by atoms with E-state index in [1.165, 1.54) is 0 Å². The molecule has 0 aliphatic rings. The van der Waals surface area contributed by atoms with Crippen LogP contribution in [0.25, 0.3) is 11.1 Å². The van der Waals surface area contributed by atoms with Crippen molar-refractivity contribution < 1.29 is 4.42 Å². The van der Waals surface area contributed by atoms with Crippen molar-refractivity contribution in [2.24, 2.45) is 7.05 Å². The summed E-state index contributed by atoms with van der Waals surface area (Å²) in [6.45, 7) is 2.79. The van der Waals surface area contributed by atoms with Gasteiger partial charge in [0.15, 0.2) is 0 Å². The van der Waals surface area contributed by atoms with Gasteiger partial charge in [0, 0.05) is 23.9 Å². The van der Waals surface area contributed by atoms with E-state index in [2.05, 4.69) is 17.3 Å². The van der Waals surface area contributed by atoms with Crippen LogP contribution in [0.2, 0.25) is 0 Å². The van der Waals surface area contributed by atoms with Crippen molar-refractivity contribution in [1.82, 2.24) is 15.1 Å². The van der Waals surface area contributed by atoms with Crippen LogP contribution >= 0.6 is 0 Å². The van der Waals surface area contributed by atoms with Gasteiger partial charge in [0.1, 0.15) is 5.76 Å². The fourth-order valence-electron chi connectivity index (χ4n) is 1.64. The molecule has 0 fully saturated rings. The monoisotopic (exact) mass is 205 g/mol. The molecule has 0 spiro atoms. The minimum Gasteiger partial charge on any atom is -0.467 e. The third-order valence-electron chi connectivity index (χ3n) is 2.61. The van der Waals surface area contributed by atoms with Gasteiger partial charge >= 0.3 is 0 Å². The van der Waals surface area contributed by atoms with Gasteiger partial charge in [0.2, 0.25) is 0 Å². The van der Waals surface area contributed by atoms with E-state index in [0.29, 0.717) is 0 Å². The van der Waals surface area contributed by atoms with E-state index in [1.54, 1.807) is 6.26 Å². The molecule has 0 atom stereocenters. The minimum atomic E-state index is 0.733. The molecule has 0 aliphatic carbocycles. The fraction of sp³-hybridized carbons (Fsp3) is 0.364. The second-order valence-corrected chi connectivity index (χ2v) is 3.56. The number of aromatic nitrogens is 2. The summed E-state index contributed by atoms with van der Waals surface area (Å²) in [5.41, 5.74) is 3.40. The molecule has 2 aromatic heterocycles. The van der Waals surface area contributed by atoms with Crippen LogP contribution in [0.15, 0.2) is 22.9 Å². The average Bonchev–Trinajstić information content (AvgIpc) is 2.77. The Morgan fingerprint density at radius 2 is 2.27 bits per heavy atom. The number of rotatable bonds is 3. The zero-order chi connectivity index (χ0) is 10.8. The molecule has 4 nitrogen and oxygen atoms in total. The summed E-state index contributed by atoms with van der Waals surface area (Å²) < 4.78 is 7.29. The van der Waals surface area contributed by atoms with Gasteiger partial charge in [-0.3, -0.25) is 4.68 Å². The van der Waals surface area contributed by atoms with Crippen LogP contribution < -0.4 is 5.32 Å². The summed E-state index contributed by atoms with van der Waals surface area (Å²) in [4.78, 5) is 0. The highest BCUT2D eigenvalue weighted by atomic mass is 16.3. The maximum atomic E-state index is 5.42. The Hall–Kier alpha value is -1.55. The molecule has 0 aromatic carbocycles. The minimum absolute atomic E-state index is 0.733. The molecule has 80 valence electrons. The van der Waals surface area contributed by atoms with Crippen LogP contribution in [-0.4, -0.2) is 16.8 Å². The van der Waals surface area contributed by atoms with Crippen molar-refractivity contribution in [2.75, 3.05) is 7.05 Å². The first-order chi connectivity index (χ1) is 7.24.